The molecule has 0 amide bonds. The van der Waals surface area contributed by atoms with Gasteiger partial charge < -0.3 is 11.5 Å². The maximum atomic E-state index is 11.3. The number of carbonyl (C=O) groups is 3. The SMILES string of the molecule is CC(=O)C(C)=O.CC(=O)c1c(C)c(N)c(C)c(Cl)c1N. The summed E-state index contributed by atoms with van der Waals surface area (Å²) in [6, 6.07) is 0. The Hall–Kier alpha value is -1.88. The summed E-state index contributed by atoms with van der Waals surface area (Å²) in [6.07, 6.45) is 0. The smallest absolute Gasteiger partial charge is 0.195 e. The van der Waals surface area contributed by atoms with Crippen molar-refractivity contribution in [3.63, 3.8) is 0 Å². The minimum Gasteiger partial charge on any atom is -0.398 e. The van der Waals surface area contributed by atoms with E-state index in [4.69, 9.17) is 23.1 Å². The number of rotatable bonds is 2. The predicted molar refractivity (Wildman–Crippen MR) is 81.1 cm³/mol. The first kappa shape index (κ1) is 18.1. The van der Waals surface area contributed by atoms with Gasteiger partial charge in [-0.3, -0.25) is 14.4 Å². The van der Waals surface area contributed by atoms with Crippen molar-refractivity contribution in [3.05, 3.63) is 21.7 Å². The second-order valence-corrected chi connectivity index (χ2v) is 4.81. The maximum Gasteiger partial charge on any atom is 0.195 e. The maximum absolute atomic E-state index is 11.3. The molecule has 0 fully saturated rings. The van der Waals surface area contributed by atoms with Crippen LogP contribution in [0.2, 0.25) is 5.02 Å². The Labute approximate surface area is 123 Å². The summed E-state index contributed by atoms with van der Waals surface area (Å²) < 4.78 is 0. The summed E-state index contributed by atoms with van der Waals surface area (Å²) in [4.78, 5) is 30.9. The summed E-state index contributed by atoms with van der Waals surface area (Å²) >= 11 is 5.95. The molecule has 1 aromatic rings. The van der Waals surface area contributed by atoms with Gasteiger partial charge in [0.25, 0.3) is 0 Å². The molecule has 0 aromatic heterocycles. The van der Waals surface area contributed by atoms with E-state index in [1.807, 2.05) is 0 Å². The van der Waals surface area contributed by atoms with Crippen LogP contribution in [0, 0.1) is 13.8 Å². The van der Waals surface area contributed by atoms with Gasteiger partial charge in [-0.05, 0) is 31.9 Å². The quantitative estimate of drug-likeness (QED) is 0.496. The molecule has 0 saturated carbocycles. The van der Waals surface area contributed by atoms with Crippen LogP contribution in [0.25, 0.3) is 0 Å². The zero-order valence-corrected chi connectivity index (χ0v) is 13.0. The molecule has 0 saturated heterocycles. The highest BCUT2D eigenvalue weighted by Gasteiger charge is 2.17. The van der Waals surface area contributed by atoms with Gasteiger partial charge in [-0.25, -0.2) is 0 Å². The van der Waals surface area contributed by atoms with Crippen LogP contribution in [0.15, 0.2) is 0 Å². The molecule has 110 valence electrons. The minimum absolute atomic E-state index is 0.117. The Kier molecular flexibility index (Phi) is 6.39. The number of nitrogen functional groups attached to an aromatic ring is 2. The van der Waals surface area contributed by atoms with Gasteiger partial charge in [-0.15, -0.1) is 0 Å². The number of carbonyl (C=O) groups excluding carboxylic acids is 3. The molecule has 1 rings (SSSR count). The Morgan fingerprint density at radius 2 is 1.25 bits per heavy atom. The first-order valence-electron chi connectivity index (χ1n) is 5.88. The van der Waals surface area contributed by atoms with Crippen molar-refractivity contribution in [2.75, 3.05) is 11.5 Å². The highest BCUT2D eigenvalue weighted by molar-refractivity contribution is 6.35. The molecule has 6 heteroatoms. The van der Waals surface area contributed by atoms with E-state index < -0.39 is 0 Å². The number of Topliss-reactive ketones (excluding diaryl/α,β-unsaturated/α-hetero) is 3. The molecule has 0 spiro atoms. The second-order valence-electron chi connectivity index (χ2n) is 4.43. The zero-order chi connectivity index (χ0) is 16.2. The molecule has 0 bridgehead atoms. The van der Waals surface area contributed by atoms with Crippen molar-refractivity contribution in [3.8, 4) is 0 Å². The van der Waals surface area contributed by atoms with Gasteiger partial charge in [0.05, 0.1) is 10.7 Å². The average molecular weight is 299 g/mol. The van der Waals surface area contributed by atoms with Gasteiger partial charge in [0.15, 0.2) is 17.3 Å². The van der Waals surface area contributed by atoms with Crippen LogP contribution in [-0.2, 0) is 9.59 Å². The summed E-state index contributed by atoms with van der Waals surface area (Å²) in [7, 11) is 0. The van der Waals surface area contributed by atoms with Crippen molar-refractivity contribution < 1.29 is 14.4 Å². The normalized spacial score (nSPS) is 9.50. The lowest BCUT2D eigenvalue weighted by atomic mass is 9.98. The minimum atomic E-state index is -0.380. The molecule has 4 N–H and O–H groups in total. The van der Waals surface area contributed by atoms with E-state index in [9.17, 15) is 14.4 Å². The number of nitrogens with two attached hydrogens (primary N) is 2. The van der Waals surface area contributed by atoms with E-state index in [1.165, 1.54) is 20.8 Å². The molecule has 0 heterocycles. The van der Waals surface area contributed by atoms with Crippen LogP contribution in [0.3, 0.4) is 0 Å². The first-order valence-corrected chi connectivity index (χ1v) is 6.26. The fourth-order valence-electron chi connectivity index (χ4n) is 1.50. The third-order valence-electron chi connectivity index (χ3n) is 2.87. The zero-order valence-electron chi connectivity index (χ0n) is 12.3. The molecular formula is C14H19ClN2O3. The lowest BCUT2D eigenvalue weighted by Crippen LogP contribution is -2.08. The van der Waals surface area contributed by atoms with Gasteiger partial charge in [0.2, 0.25) is 0 Å². The summed E-state index contributed by atoms with van der Waals surface area (Å²) in [5, 5.41) is 0.373. The van der Waals surface area contributed by atoms with Gasteiger partial charge in [-0.1, -0.05) is 11.6 Å². The number of hydrogen-bond acceptors (Lipinski definition) is 5. The third-order valence-corrected chi connectivity index (χ3v) is 3.35. The van der Waals surface area contributed by atoms with Crippen LogP contribution < -0.4 is 11.5 Å². The Morgan fingerprint density at radius 1 is 0.850 bits per heavy atom. The molecule has 0 atom stereocenters. The molecule has 0 aliphatic carbocycles. The van der Waals surface area contributed by atoms with E-state index in [0.29, 0.717) is 27.5 Å². The summed E-state index contributed by atoms with van der Waals surface area (Å²) in [5.41, 5.74) is 14.3. The van der Waals surface area contributed by atoms with E-state index in [2.05, 4.69) is 0 Å². The molecule has 0 radical (unpaired) electrons. The van der Waals surface area contributed by atoms with Gasteiger partial charge in [0.1, 0.15) is 0 Å². The molecule has 1 aromatic carbocycles. The van der Waals surface area contributed by atoms with Crippen LogP contribution in [-0.4, -0.2) is 17.3 Å². The number of anilines is 2. The van der Waals surface area contributed by atoms with Crippen molar-refractivity contribution in [1.82, 2.24) is 0 Å². The Bertz CT molecular complexity index is 539. The van der Waals surface area contributed by atoms with E-state index in [0.717, 1.165) is 5.56 Å². The molecule has 0 unspecified atom stereocenters. The molecule has 0 aliphatic heterocycles. The average Bonchev–Trinajstić information content (AvgIpc) is 2.34. The van der Waals surface area contributed by atoms with Crippen LogP contribution in [0.4, 0.5) is 11.4 Å². The highest BCUT2D eigenvalue weighted by atomic mass is 35.5. The van der Waals surface area contributed by atoms with Crippen molar-refractivity contribution >= 4 is 40.3 Å². The number of benzene rings is 1. The summed E-state index contributed by atoms with van der Waals surface area (Å²) in [6.45, 7) is 7.51. The molecular weight excluding hydrogens is 280 g/mol. The number of hydrogen-bond donors (Lipinski definition) is 2. The van der Waals surface area contributed by atoms with Crippen molar-refractivity contribution in [2.45, 2.75) is 34.6 Å². The summed E-state index contributed by atoms with van der Waals surface area (Å²) in [5.74, 6) is -0.876. The van der Waals surface area contributed by atoms with Crippen LogP contribution in [0.5, 0.6) is 0 Å². The topological polar surface area (TPSA) is 103 Å². The predicted octanol–water partition coefficient (Wildman–Crippen LogP) is 2.49. The third kappa shape index (κ3) is 4.06. The molecule has 5 nitrogen and oxygen atoms in total. The lowest BCUT2D eigenvalue weighted by molar-refractivity contribution is -0.134. The second kappa shape index (κ2) is 7.05. The van der Waals surface area contributed by atoms with Crippen molar-refractivity contribution in [1.29, 1.82) is 0 Å². The largest absolute Gasteiger partial charge is 0.398 e. The fraction of sp³-hybridized carbons (Fsp3) is 0.357. The lowest BCUT2D eigenvalue weighted by Gasteiger charge is -2.14. The van der Waals surface area contributed by atoms with Crippen LogP contribution >= 0.6 is 11.6 Å². The Morgan fingerprint density at radius 3 is 1.55 bits per heavy atom. The highest BCUT2D eigenvalue weighted by Crippen LogP contribution is 2.34. The van der Waals surface area contributed by atoms with Gasteiger partial charge in [-0.2, -0.15) is 0 Å². The van der Waals surface area contributed by atoms with E-state index in [-0.39, 0.29) is 17.3 Å². The van der Waals surface area contributed by atoms with Gasteiger partial charge >= 0.3 is 0 Å². The van der Waals surface area contributed by atoms with E-state index >= 15 is 0 Å². The fourth-order valence-corrected chi connectivity index (χ4v) is 1.70. The van der Waals surface area contributed by atoms with Gasteiger partial charge in [0, 0.05) is 25.1 Å². The van der Waals surface area contributed by atoms with E-state index in [1.54, 1.807) is 13.8 Å². The number of ketones is 3. The number of halogens is 1. The Balaban J connectivity index is 0.000000511. The standard InChI is InChI=1S/C10H13ClN2O.C4H6O2/c1-4-7(6(3)14)10(13)8(11)5(2)9(4)12;1-3(5)4(2)6/h12-13H2,1-3H3;1-2H3. The monoisotopic (exact) mass is 298 g/mol. The van der Waals surface area contributed by atoms with Crippen LogP contribution in [0.1, 0.15) is 42.3 Å². The molecule has 0 aliphatic rings. The molecule has 20 heavy (non-hydrogen) atoms. The first-order chi connectivity index (χ1) is 9.02. The van der Waals surface area contributed by atoms with Crippen molar-refractivity contribution in [2.24, 2.45) is 0 Å².